The van der Waals surface area contributed by atoms with Crippen LogP contribution >= 0.6 is 0 Å². The van der Waals surface area contributed by atoms with E-state index in [-0.39, 0.29) is 0 Å². The Morgan fingerprint density at radius 1 is 1.50 bits per heavy atom. The van der Waals surface area contributed by atoms with Crippen LogP contribution < -0.4 is 4.74 Å². The van der Waals surface area contributed by atoms with Gasteiger partial charge in [-0.25, -0.2) is 0 Å². The Morgan fingerprint density at radius 3 is 3.08 bits per heavy atom. The lowest BCUT2D eigenvalue weighted by molar-refractivity contribution is 0.179. The van der Waals surface area contributed by atoms with Crippen molar-refractivity contribution in [3.63, 3.8) is 0 Å². The second kappa shape index (κ2) is 5.24. The Morgan fingerprint density at radius 2 is 2.42 bits per heavy atom. The highest BCUT2D eigenvalue weighted by molar-refractivity contribution is 5.19. The molecule has 0 N–H and O–H groups in total. The maximum Gasteiger partial charge on any atom is 0.122 e. The monoisotopic (exact) mass is 163 g/mol. The number of rotatable bonds is 5. The number of benzene rings is 1. The van der Waals surface area contributed by atoms with Crippen molar-refractivity contribution in [2.75, 3.05) is 13.2 Å². The zero-order valence-electron chi connectivity index (χ0n) is 6.82. The van der Waals surface area contributed by atoms with Crippen LogP contribution in [-0.2, 0) is 4.74 Å². The summed E-state index contributed by atoms with van der Waals surface area (Å²) in [6.45, 7) is 4.48. The third-order valence-corrected chi connectivity index (χ3v) is 1.27. The summed E-state index contributed by atoms with van der Waals surface area (Å²) in [6, 6.07) is 10.3. The van der Waals surface area contributed by atoms with E-state index in [1.807, 2.05) is 18.2 Å². The van der Waals surface area contributed by atoms with E-state index in [0.717, 1.165) is 5.75 Å². The van der Waals surface area contributed by atoms with Gasteiger partial charge in [-0.05, 0) is 18.2 Å². The van der Waals surface area contributed by atoms with E-state index >= 15 is 0 Å². The lowest BCUT2D eigenvalue weighted by atomic mass is 10.3. The molecular formula is C10H11O2. The molecule has 0 fully saturated rings. The molecule has 0 aliphatic carbocycles. The van der Waals surface area contributed by atoms with Gasteiger partial charge in [0, 0.05) is 0 Å². The van der Waals surface area contributed by atoms with E-state index in [9.17, 15) is 0 Å². The summed E-state index contributed by atoms with van der Waals surface area (Å²) in [5.74, 6) is 0.810. The standard InChI is InChI=1S/C10H11O2/c1-2-11-8-9-12-10-6-4-3-5-7-10/h2-4,6-7H,1,8-9H2. The van der Waals surface area contributed by atoms with Crippen LogP contribution in [0.5, 0.6) is 5.75 Å². The normalized spacial score (nSPS) is 9.00. The summed E-state index contributed by atoms with van der Waals surface area (Å²) in [7, 11) is 0. The molecule has 0 aromatic heterocycles. The minimum atomic E-state index is 0.526. The average molecular weight is 163 g/mol. The molecule has 1 radical (unpaired) electrons. The van der Waals surface area contributed by atoms with E-state index in [1.54, 1.807) is 6.07 Å². The van der Waals surface area contributed by atoms with Crippen molar-refractivity contribution in [3.8, 4) is 5.75 Å². The van der Waals surface area contributed by atoms with Crippen LogP contribution in [0.2, 0.25) is 0 Å². The summed E-state index contributed by atoms with van der Waals surface area (Å²) < 4.78 is 10.2. The van der Waals surface area contributed by atoms with Crippen molar-refractivity contribution in [1.82, 2.24) is 0 Å². The lowest BCUT2D eigenvalue weighted by Crippen LogP contribution is -2.03. The first-order valence-electron chi connectivity index (χ1n) is 3.75. The maximum atomic E-state index is 5.30. The maximum absolute atomic E-state index is 5.30. The molecule has 0 heterocycles. The quantitative estimate of drug-likeness (QED) is 0.488. The molecule has 2 heteroatoms. The van der Waals surface area contributed by atoms with E-state index in [4.69, 9.17) is 9.47 Å². The van der Waals surface area contributed by atoms with Crippen molar-refractivity contribution in [1.29, 1.82) is 0 Å². The van der Waals surface area contributed by atoms with E-state index in [0.29, 0.717) is 13.2 Å². The van der Waals surface area contributed by atoms with Crippen LogP contribution in [0.3, 0.4) is 0 Å². The number of ether oxygens (including phenoxy) is 2. The highest BCUT2D eigenvalue weighted by Gasteiger charge is 1.89. The highest BCUT2D eigenvalue weighted by Crippen LogP contribution is 2.06. The molecule has 0 saturated heterocycles. The van der Waals surface area contributed by atoms with Gasteiger partial charge in [0.2, 0.25) is 0 Å². The van der Waals surface area contributed by atoms with Crippen molar-refractivity contribution < 1.29 is 9.47 Å². The van der Waals surface area contributed by atoms with Crippen LogP contribution in [-0.4, -0.2) is 13.2 Å². The Labute approximate surface area is 72.4 Å². The van der Waals surface area contributed by atoms with Crippen molar-refractivity contribution in [3.05, 3.63) is 43.2 Å². The van der Waals surface area contributed by atoms with Gasteiger partial charge in [0.15, 0.2) is 0 Å². The summed E-state index contributed by atoms with van der Waals surface area (Å²) >= 11 is 0. The first kappa shape index (κ1) is 8.65. The van der Waals surface area contributed by atoms with Gasteiger partial charge < -0.3 is 9.47 Å². The van der Waals surface area contributed by atoms with Crippen LogP contribution in [0.15, 0.2) is 37.1 Å². The van der Waals surface area contributed by atoms with E-state index < -0.39 is 0 Å². The SMILES string of the molecule is C=COCCOc1c[c]ccc1. The van der Waals surface area contributed by atoms with Gasteiger partial charge in [-0.1, -0.05) is 18.7 Å². The summed E-state index contributed by atoms with van der Waals surface area (Å²) in [6.07, 6.45) is 1.40. The third kappa shape index (κ3) is 3.10. The van der Waals surface area contributed by atoms with Crippen LogP contribution in [0.1, 0.15) is 0 Å². The van der Waals surface area contributed by atoms with Crippen LogP contribution in [0.25, 0.3) is 0 Å². The van der Waals surface area contributed by atoms with Gasteiger partial charge in [0.05, 0.1) is 6.26 Å². The van der Waals surface area contributed by atoms with E-state index in [1.165, 1.54) is 6.26 Å². The first-order valence-corrected chi connectivity index (χ1v) is 3.75. The number of hydrogen-bond donors (Lipinski definition) is 0. The largest absolute Gasteiger partial charge is 0.498 e. The molecule has 12 heavy (non-hydrogen) atoms. The molecule has 0 spiro atoms. The summed E-state index contributed by atoms with van der Waals surface area (Å²) in [5.41, 5.74) is 0. The smallest absolute Gasteiger partial charge is 0.122 e. The second-order valence-electron chi connectivity index (χ2n) is 2.13. The van der Waals surface area contributed by atoms with Crippen molar-refractivity contribution >= 4 is 0 Å². The fraction of sp³-hybridized carbons (Fsp3) is 0.200. The Bertz CT molecular complexity index is 219. The van der Waals surface area contributed by atoms with Gasteiger partial charge in [-0.3, -0.25) is 0 Å². The Hall–Kier alpha value is -1.44. The lowest BCUT2D eigenvalue weighted by Gasteiger charge is -2.04. The van der Waals surface area contributed by atoms with Gasteiger partial charge in [0.1, 0.15) is 19.0 Å². The van der Waals surface area contributed by atoms with Crippen molar-refractivity contribution in [2.24, 2.45) is 0 Å². The molecular weight excluding hydrogens is 152 g/mol. The zero-order chi connectivity index (χ0) is 8.65. The van der Waals surface area contributed by atoms with Gasteiger partial charge >= 0.3 is 0 Å². The molecule has 0 saturated carbocycles. The molecule has 1 aromatic carbocycles. The van der Waals surface area contributed by atoms with Gasteiger partial charge in [-0.15, -0.1) is 0 Å². The minimum Gasteiger partial charge on any atom is -0.498 e. The minimum absolute atomic E-state index is 0.526. The topological polar surface area (TPSA) is 18.5 Å². The molecule has 0 bridgehead atoms. The van der Waals surface area contributed by atoms with Crippen LogP contribution in [0.4, 0.5) is 0 Å². The third-order valence-electron chi connectivity index (χ3n) is 1.27. The average Bonchev–Trinajstić information content (AvgIpc) is 2.14. The predicted octanol–water partition coefficient (Wildman–Crippen LogP) is 2.03. The molecule has 1 rings (SSSR count). The highest BCUT2D eigenvalue weighted by atomic mass is 16.5. The molecule has 0 aliphatic rings. The van der Waals surface area contributed by atoms with Crippen LogP contribution in [0, 0.1) is 6.07 Å². The molecule has 1 aromatic rings. The molecule has 0 amide bonds. The second-order valence-corrected chi connectivity index (χ2v) is 2.13. The summed E-state index contributed by atoms with van der Waals surface area (Å²) in [5, 5.41) is 0. The predicted molar refractivity (Wildman–Crippen MR) is 46.9 cm³/mol. The molecule has 0 atom stereocenters. The van der Waals surface area contributed by atoms with E-state index in [2.05, 4.69) is 12.6 Å². The Kier molecular flexibility index (Phi) is 3.78. The molecule has 2 nitrogen and oxygen atoms in total. The van der Waals surface area contributed by atoms with Gasteiger partial charge in [0.25, 0.3) is 0 Å². The molecule has 0 aliphatic heterocycles. The molecule has 63 valence electrons. The van der Waals surface area contributed by atoms with Crippen molar-refractivity contribution in [2.45, 2.75) is 0 Å². The fourth-order valence-electron chi connectivity index (χ4n) is 0.758. The number of hydrogen-bond acceptors (Lipinski definition) is 2. The Balaban J connectivity index is 2.20. The first-order chi connectivity index (χ1) is 5.93. The fourth-order valence-corrected chi connectivity index (χ4v) is 0.758. The summed E-state index contributed by atoms with van der Waals surface area (Å²) in [4.78, 5) is 0. The van der Waals surface area contributed by atoms with Gasteiger partial charge in [-0.2, -0.15) is 0 Å². The zero-order valence-corrected chi connectivity index (χ0v) is 6.82. The molecule has 0 unspecified atom stereocenters.